The monoisotopic (exact) mass is 522 g/mol. The van der Waals surface area contributed by atoms with Crippen LogP contribution < -0.4 is 10.2 Å². The SMILES string of the molecule is Cc1cc(Cl)cc(N2C=Nc3cc(Cl)c(-c4cccc(O)c4)cc3C2C(=O)N(C)C[C@@H]2CCCN2)c1. The summed E-state index contributed by atoms with van der Waals surface area (Å²) in [6.07, 6.45) is 3.85. The number of hydrogen-bond donors (Lipinski definition) is 2. The molecule has 0 saturated carbocycles. The average Bonchev–Trinajstić information content (AvgIpc) is 3.35. The molecule has 3 aromatic carbocycles. The zero-order valence-electron chi connectivity index (χ0n) is 20.2. The van der Waals surface area contributed by atoms with Crippen LogP contribution in [0, 0.1) is 6.92 Å². The third-order valence-electron chi connectivity index (χ3n) is 6.76. The molecule has 1 saturated heterocycles. The second kappa shape index (κ2) is 10.1. The number of hydrogen-bond acceptors (Lipinski definition) is 5. The van der Waals surface area contributed by atoms with Crippen molar-refractivity contribution in [1.29, 1.82) is 0 Å². The highest BCUT2D eigenvalue weighted by Gasteiger charge is 2.36. The van der Waals surface area contributed by atoms with Gasteiger partial charge in [0, 0.05) is 41.5 Å². The van der Waals surface area contributed by atoms with Gasteiger partial charge >= 0.3 is 0 Å². The topological polar surface area (TPSA) is 68.2 Å². The van der Waals surface area contributed by atoms with E-state index in [4.69, 9.17) is 23.2 Å². The molecule has 2 aliphatic heterocycles. The van der Waals surface area contributed by atoms with Crippen molar-refractivity contribution in [2.75, 3.05) is 25.0 Å². The summed E-state index contributed by atoms with van der Waals surface area (Å²) in [5.74, 6) is 0.102. The molecule has 0 aliphatic carbocycles. The molecule has 0 bridgehead atoms. The van der Waals surface area contributed by atoms with Crippen molar-refractivity contribution in [2.45, 2.75) is 31.8 Å². The van der Waals surface area contributed by atoms with Crippen LogP contribution in [0.1, 0.15) is 30.0 Å². The van der Waals surface area contributed by atoms with Crippen LogP contribution in [0.5, 0.6) is 5.75 Å². The van der Waals surface area contributed by atoms with Gasteiger partial charge in [-0.25, -0.2) is 4.99 Å². The highest BCUT2D eigenvalue weighted by atomic mass is 35.5. The lowest BCUT2D eigenvalue weighted by Gasteiger charge is -2.36. The standard InChI is InChI=1S/C28H28Cl2N4O2/c1-17-9-19(29)12-21(10-17)34-16-32-26-14-25(30)23(18-5-3-7-22(35)11-18)13-24(26)27(34)28(36)33(2)15-20-6-4-8-31-20/h3,5,7,9-14,16,20,27,31,35H,4,6,8,15H2,1-2H3/t20-,27?/m0/s1. The number of amides is 1. The number of aromatic hydroxyl groups is 1. The Bertz CT molecular complexity index is 1320. The minimum Gasteiger partial charge on any atom is -0.508 e. The fourth-order valence-electron chi connectivity index (χ4n) is 5.02. The first-order chi connectivity index (χ1) is 17.3. The molecule has 2 aliphatic rings. The number of halogens is 2. The molecule has 36 heavy (non-hydrogen) atoms. The molecule has 2 heterocycles. The molecule has 1 unspecified atom stereocenters. The van der Waals surface area contributed by atoms with Crippen LogP contribution in [0.15, 0.2) is 59.6 Å². The molecule has 8 heteroatoms. The molecule has 0 radical (unpaired) electrons. The van der Waals surface area contributed by atoms with E-state index in [1.807, 2.05) is 49.2 Å². The summed E-state index contributed by atoms with van der Waals surface area (Å²) < 4.78 is 0. The molecule has 186 valence electrons. The number of aryl methyl sites for hydroxylation is 1. The number of phenolic OH excluding ortho intramolecular Hbond substituents is 1. The Morgan fingerprint density at radius 1 is 1.19 bits per heavy atom. The highest BCUT2D eigenvalue weighted by molar-refractivity contribution is 6.33. The van der Waals surface area contributed by atoms with Crippen molar-refractivity contribution in [3.05, 3.63) is 75.8 Å². The summed E-state index contributed by atoms with van der Waals surface area (Å²) in [5.41, 5.74) is 4.65. The molecule has 1 fully saturated rings. The Hall–Kier alpha value is -3.06. The van der Waals surface area contributed by atoms with E-state index in [1.54, 1.807) is 35.5 Å². The predicted octanol–water partition coefficient (Wildman–Crippen LogP) is 6.11. The lowest BCUT2D eigenvalue weighted by molar-refractivity contribution is -0.131. The third kappa shape index (κ3) is 4.94. The Balaban J connectivity index is 1.61. The van der Waals surface area contributed by atoms with Gasteiger partial charge in [-0.1, -0.05) is 35.3 Å². The number of rotatable bonds is 5. The molecule has 6 nitrogen and oxygen atoms in total. The second-order valence-corrected chi connectivity index (χ2v) is 10.3. The molecular weight excluding hydrogens is 495 g/mol. The summed E-state index contributed by atoms with van der Waals surface area (Å²) in [7, 11) is 1.85. The number of fused-ring (bicyclic) bond motifs is 1. The van der Waals surface area contributed by atoms with Crippen LogP contribution in [-0.2, 0) is 4.79 Å². The van der Waals surface area contributed by atoms with Crippen LogP contribution in [0.2, 0.25) is 10.0 Å². The van der Waals surface area contributed by atoms with Gasteiger partial charge in [-0.05, 0) is 79.9 Å². The largest absolute Gasteiger partial charge is 0.508 e. The van der Waals surface area contributed by atoms with E-state index in [-0.39, 0.29) is 17.7 Å². The van der Waals surface area contributed by atoms with Gasteiger partial charge in [0.05, 0.1) is 17.0 Å². The zero-order chi connectivity index (χ0) is 25.4. The van der Waals surface area contributed by atoms with Crippen molar-refractivity contribution >= 4 is 46.8 Å². The average molecular weight is 523 g/mol. The highest BCUT2D eigenvalue weighted by Crippen LogP contribution is 2.43. The maximum absolute atomic E-state index is 14.1. The summed E-state index contributed by atoms with van der Waals surface area (Å²) in [5, 5.41) is 14.6. The van der Waals surface area contributed by atoms with Crippen LogP contribution in [-0.4, -0.2) is 48.4 Å². The number of aliphatic imine (C=N–C) groups is 1. The van der Waals surface area contributed by atoms with Crippen molar-refractivity contribution in [2.24, 2.45) is 4.99 Å². The molecule has 2 atom stereocenters. The van der Waals surface area contributed by atoms with Gasteiger partial charge in [0.1, 0.15) is 11.8 Å². The Morgan fingerprint density at radius 2 is 2.03 bits per heavy atom. The van der Waals surface area contributed by atoms with Crippen molar-refractivity contribution in [1.82, 2.24) is 10.2 Å². The number of anilines is 1. The first-order valence-electron chi connectivity index (χ1n) is 12.0. The van der Waals surface area contributed by atoms with Gasteiger partial charge in [-0.15, -0.1) is 0 Å². The lowest BCUT2D eigenvalue weighted by atomic mass is 9.94. The van der Waals surface area contributed by atoms with E-state index >= 15 is 0 Å². The zero-order valence-corrected chi connectivity index (χ0v) is 21.7. The van der Waals surface area contributed by atoms with Gasteiger partial charge < -0.3 is 20.2 Å². The molecule has 5 rings (SSSR count). The van der Waals surface area contributed by atoms with Crippen molar-refractivity contribution < 1.29 is 9.90 Å². The van der Waals surface area contributed by atoms with Crippen LogP contribution in [0.3, 0.4) is 0 Å². The minimum atomic E-state index is -0.657. The number of carbonyl (C=O) groups excluding carboxylic acids is 1. The Morgan fingerprint density at radius 3 is 2.75 bits per heavy atom. The Labute approximate surface area is 221 Å². The second-order valence-electron chi connectivity index (χ2n) is 9.49. The first kappa shape index (κ1) is 24.6. The van der Waals surface area contributed by atoms with E-state index < -0.39 is 6.04 Å². The maximum atomic E-state index is 14.1. The van der Waals surface area contributed by atoms with Crippen LogP contribution >= 0.6 is 23.2 Å². The molecular formula is C28H28Cl2N4O2. The minimum absolute atomic E-state index is 0.0436. The quantitative estimate of drug-likeness (QED) is 0.424. The predicted molar refractivity (Wildman–Crippen MR) is 147 cm³/mol. The molecule has 0 aromatic heterocycles. The van der Waals surface area contributed by atoms with E-state index in [9.17, 15) is 9.90 Å². The van der Waals surface area contributed by atoms with E-state index in [2.05, 4.69) is 10.3 Å². The van der Waals surface area contributed by atoms with Gasteiger partial charge in [-0.3, -0.25) is 4.79 Å². The smallest absolute Gasteiger partial charge is 0.250 e. The molecule has 0 spiro atoms. The summed E-state index contributed by atoms with van der Waals surface area (Å²) >= 11 is 13.1. The van der Waals surface area contributed by atoms with Crippen molar-refractivity contribution in [3.8, 4) is 16.9 Å². The van der Waals surface area contributed by atoms with Crippen molar-refractivity contribution in [3.63, 3.8) is 0 Å². The van der Waals surface area contributed by atoms with Gasteiger partial charge in [-0.2, -0.15) is 0 Å². The number of benzene rings is 3. The number of likely N-dealkylation sites (N-methyl/N-ethyl adjacent to an activating group) is 1. The maximum Gasteiger partial charge on any atom is 0.250 e. The normalized spacial score (nSPS) is 18.8. The summed E-state index contributed by atoms with van der Waals surface area (Å²) in [4.78, 5) is 22.4. The fourth-order valence-corrected chi connectivity index (χ4v) is 5.57. The lowest BCUT2D eigenvalue weighted by Crippen LogP contribution is -2.46. The summed E-state index contributed by atoms with van der Waals surface area (Å²) in [6.45, 7) is 3.57. The van der Waals surface area contributed by atoms with Crippen LogP contribution in [0.4, 0.5) is 11.4 Å². The van der Waals surface area contributed by atoms with Crippen LogP contribution in [0.25, 0.3) is 11.1 Å². The van der Waals surface area contributed by atoms with Gasteiger partial charge in [0.15, 0.2) is 0 Å². The number of nitrogens with one attached hydrogen (secondary N) is 1. The van der Waals surface area contributed by atoms with E-state index in [0.717, 1.165) is 47.3 Å². The molecule has 2 N–H and O–H groups in total. The van der Waals surface area contributed by atoms with Gasteiger partial charge in [0.2, 0.25) is 5.91 Å². The fraction of sp³-hybridized carbons (Fsp3) is 0.286. The molecule has 1 amide bonds. The first-order valence-corrected chi connectivity index (χ1v) is 12.8. The Kier molecular flexibility index (Phi) is 6.93. The molecule has 3 aromatic rings. The number of phenols is 1. The van der Waals surface area contributed by atoms with E-state index in [0.29, 0.717) is 22.3 Å². The number of carbonyl (C=O) groups is 1. The van der Waals surface area contributed by atoms with Gasteiger partial charge in [0.25, 0.3) is 0 Å². The number of nitrogens with zero attached hydrogens (tertiary/aromatic N) is 3. The summed E-state index contributed by atoms with van der Waals surface area (Å²) in [6, 6.07) is 16.0. The van der Waals surface area contributed by atoms with E-state index in [1.165, 1.54) is 0 Å². The third-order valence-corrected chi connectivity index (χ3v) is 7.29.